The number of aryl methyl sites for hydroxylation is 1. The fourth-order valence-corrected chi connectivity index (χ4v) is 9.16. The van der Waals surface area contributed by atoms with E-state index in [0.717, 1.165) is 22.9 Å². The number of fused-ring (bicyclic) bond motifs is 1. The number of ketones is 1. The number of nitriles is 1. The van der Waals surface area contributed by atoms with Gasteiger partial charge in [0.25, 0.3) is 21.9 Å². The molecule has 17 nitrogen and oxygen atoms in total. The van der Waals surface area contributed by atoms with Crippen molar-refractivity contribution in [2.24, 2.45) is 0 Å². The number of nitrogens with one attached hydrogen (secondary N) is 3. The number of methoxy groups -OCH3 is 1. The first kappa shape index (κ1) is 53.4. The third-order valence-corrected chi connectivity index (χ3v) is 17.7. The Bertz CT molecular complexity index is 2750. The molecule has 6 rings (SSSR count). The lowest BCUT2D eigenvalue weighted by atomic mass is 9.99. The number of carbonyl (C=O) groups is 4. The second kappa shape index (κ2) is 22.0. The number of Topliss-reactive ketones (excluding diaryl/α,β-unsaturated/α-hetero) is 1. The largest absolute Gasteiger partial charge is 0.497 e. The molecule has 2 heterocycles. The first-order chi connectivity index (χ1) is 32.9. The van der Waals surface area contributed by atoms with E-state index in [2.05, 4.69) is 22.0 Å². The summed E-state index contributed by atoms with van der Waals surface area (Å²) in [5.41, 5.74) is 0.439. The molecule has 1 unspecified atom stereocenters. The van der Waals surface area contributed by atoms with Crippen LogP contribution in [0.15, 0.2) is 102 Å². The Hall–Kier alpha value is -5.98. The molecule has 0 aliphatic carbocycles. The predicted molar refractivity (Wildman–Crippen MR) is 262 cm³/mol. The maximum atomic E-state index is 15.2. The van der Waals surface area contributed by atoms with Gasteiger partial charge in [0, 0.05) is 0 Å². The quantitative estimate of drug-likeness (QED) is 0.0290. The van der Waals surface area contributed by atoms with Crippen LogP contribution in [0.1, 0.15) is 61.7 Å². The zero-order valence-corrected chi connectivity index (χ0v) is 42.9. The van der Waals surface area contributed by atoms with Gasteiger partial charge in [-0.15, -0.1) is 0 Å². The van der Waals surface area contributed by atoms with Crippen molar-refractivity contribution >= 4 is 52.8 Å². The Labute approximate surface area is 410 Å². The van der Waals surface area contributed by atoms with E-state index in [1.54, 1.807) is 25.1 Å². The highest BCUT2D eigenvalue weighted by Crippen LogP contribution is 2.38. The summed E-state index contributed by atoms with van der Waals surface area (Å²) in [6.07, 6.45) is -4.63. The lowest BCUT2D eigenvalue weighted by Crippen LogP contribution is -2.56. The minimum Gasteiger partial charge on any atom is -0.497 e. The molecule has 2 saturated heterocycles. The Morgan fingerprint density at radius 2 is 1.56 bits per heavy atom. The third-order valence-electron chi connectivity index (χ3n) is 12.7. The smallest absolute Gasteiger partial charge is 0.339 e. The van der Waals surface area contributed by atoms with Crippen LogP contribution in [0.2, 0.25) is 18.1 Å². The number of rotatable bonds is 21. The van der Waals surface area contributed by atoms with Crippen LogP contribution >= 0.6 is 0 Å². The van der Waals surface area contributed by atoms with Crippen molar-refractivity contribution in [3.05, 3.63) is 125 Å². The molecule has 0 bridgehead atoms. The first-order valence-electron chi connectivity index (χ1n) is 22.7. The molecular formula is C51H62N4O13SSi. The summed E-state index contributed by atoms with van der Waals surface area (Å²) in [4.78, 5) is 58.0. The highest BCUT2D eigenvalue weighted by molar-refractivity contribution is 7.86. The number of nitrogens with zero attached hydrogens (tertiary/aromatic N) is 1. The molecule has 7 atom stereocenters. The van der Waals surface area contributed by atoms with Gasteiger partial charge in [0.15, 0.2) is 20.2 Å². The van der Waals surface area contributed by atoms with Crippen molar-refractivity contribution in [2.45, 2.75) is 115 Å². The number of amides is 2. The Balaban J connectivity index is 1.48. The molecule has 19 heteroatoms. The standard InChI is InChI=1S/C51H62N4O13SSi/c1-31-18-17-23-36-37(31)24-35(62-7)25-38(36)49(59)67-46(51(6)30-65-51)48(58)55-43(47(57)54-41(32(2)56)40(26-52)68-70(9,10)50(3,4)5)42-45(64-28-34-21-15-12-16-22-34)44(39(53-42)29-66-69(8,60)61)63-27-33-19-13-11-14-20-33/h11-25,39-41,44-46,53H,27-30H2,1-10H3,(H,54,57)(H,55,58)/b43-42+/t39-,40?,41-,44+,45+,46+,51-/m0/s1. The van der Waals surface area contributed by atoms with E-state index in [-0.39, 0.29) is 31.1 Å². The number of carbonyl (C=O) groups excluding carboxylic acids is 4. The Morgan fingerprint density at radius 1 is 0.943 bits per heavy atom. The highest BCUT2D eigenvalue weighted by atomic mass is 32.2. The fourth-order valence-electron chi connectivity index (χ4n) is 7.59. The number of hydrogen-bond acceptors (Lipinski definition) is 15. The van der Waals surface area contributed by atoms with Crippen molar-refractivity contribution in [3.63, 3.8) is 0 Å². The minimum atomic E-state index is -4.04. The van der Waals surface area contributed by atoms with Gasteiger partial charge in [0.1, 0.15) is 35.3 Å². The molecule has 2 amide bonds. The van der Waals surface area contributed by atoms with Gasteiger partial charge in [-0.3, -0.25) is 18.6 Å². The second-order valence-corrected chi connectivity index (χ2v) is 25.6. The molecule has 3 N–H and O–H groups in total. The summed E-state index contributed by atoms with van der Waals surface area (Å²) in [5, 5.41) is 19.8. The lowest BCUT2D eigenvalue weighted by Gasteiger charge is -2.39. The van der Waals surface area contributed by atoms with Crippen molar-refractivity contribution < 1.29 is 59.9 Å². The van der Waals surface area contributed by atoms with Gasteiger partial charge >= 0.3 is 5.97 Å². The fraction of sp³-hybridized carbons (Fsp3) is 0.431. The number of ether oxygens (including phenoxy) is 5. The van der Waals surface area contributed by atoms with E-state index in [0.29, 0.717) is 16.5 Å². The zero-order chi connectivity index (χ0) is 51.2. The van der Waals surface area contributed by atoms with Crippen molar-refractivity contribution in [3.8, 4) is 11.8 Å². The summed E-state index contributed by atoms with van der Waals surface area (Å²) in [7, 11) is -5.33. The van der Waals surface area contributed by atoms with E-state index in [1.165, 1.54) is 20.1 Å². The van der Waals surface area contributed by atoms with E-state index in [4.69, 9.17) is 32.3 Å². The van der Waals surface area contributed by atoms with Crippen LogP contribution in [0.25, 0.3) is 10.8 Å². The SMILES string of the molecule is COc1cc(C(=O)O[C@H](C(=O)N/C(C(=O)N[C@@H](C(C)=O)C(C#N)O[Si](C)(C)C(C)(C)C)=C2/N[C@@H](COS(C)(=O)=O)[C@@H](OCc3ccccc3)[C@@H]2OCc2ccccc2)[C@]2(C)CO2)c2cccc(C)c2c1. The molecular weight excluding hydrogens is 937 g/mol. The number of hydrogen-bond donors (Lipinski definition) is 3. The van der Waals surface area contributed by atoms with E-state index in [9.17, 15) is 28.1 Å². The maximum absolute atomic E-state index is 15.2. The average molecular weight is 999 g/mol. The van der Waals surface area contributed by atoms with Gasteiger partial charge in [-0.05, 0) is 78.5 Å². The van der Waals surface area contributed by atoms with Gasteiger partial charge in [-0.25, -0.2) is 4.79 Å². The number of esters is 1. The van der Waals surface area contributed by atoms with Crippen LogP contribution in [0, 0.1) is 18.3 Å². The first-order valence-corrected chi connectivity index (χ1v) is 27.5. The predicted octanol–water partition coefficient (Wildman–Crippen LogP) is 5.91. The molecule has 70 heavy (non-hydrogen) atoms. The van der Waals surface area contributed by atoms with Crippen LogP contribution in [-0.4, -0.2) is 109 Å². The summed E-state index contributed by atoms with van der Waals surface area (Å²) in [6, 6.07) is 26.4. The van der Waals surface area contributed by atoms with E-state index in [1.807, 2.05) is 108 Å². The Kier molecular flexibility index (Phi) is 16.8. The summed E-state index contributed by atoms with van der Waals surface area (Å²) >= 11 is 0. The monoisotopic (exact) mass is 998 g/mol. The van der Waals surface area contributed by atoms with Gasteiger partial charge in [-0.2, -0.15) is 13.7 Å². The molecule has 4 aromatic carbocycles. The van der Waals surface area contributed by atoms with E-state index < -0.39 is 101 Å². The minimum absolute atomic E-state index is 0.00216. The highest BCUT2D eigenvalue weighted by Gasteiger charge is 2.55. The third kappa shape index (κ3) is 13.0. The second-order valence-electron chi connectivity index (χ2n) is 19.2. The number of benzene rings is 4. The van der Waals surface area contributed by atoms with E-state index >= 15 is 4.79 Å². The van der Waals surface area contributed by atoms with Gasteiger partial charge < -0.3 is 44.1 Å². The lowest BCUT2D eigenvalue weighted by molar-refractivity contribution is -0.134. The van der Waals surface area contributed by atoms with Crippen LogP contribution in [0.3, 0.4) is 0 Å². The summed E-state index contributed by atoms with van der Waals surface area (Å²) in [5.74, 6) is -3.23. The molecule has 4 aromatic rings. The van der Waals surface area contributed by atoms with Gasteiger partial charge in [0.05, 0.1) is 63.2 Å². The molecule has 374 valence electrons. The van der Waals surface area contributed by atoms with Crippen molar-refractivity contribution in [1.82, 2.24) is 16.0 Å². The van der Waals surface area contributed by atoms with Crippen LogP contribution in [0.4, 0.5) is 0 Å². The molecule has 0 aromatic heterocycles. The molecule has 0 radical (unpaired) electrons. The Morgan fingerprint density at radius 3 is 2.10 bits per heavy atom. The van der Waals surface area contributed by atoms with Crippen LogP contribution < -0.4 is 20.7 Å². The molecule has 0 saturated carbocycles. The van der Waals surface area contributed by atoms with Crippen LogP contribution in [0.5, 0.6) is 5.75 Å². The van der Waals surface area contributed by atoms with Crippen LogP contribution in [-0.2, 0) is 65.3 Å². The number of epoxide rings is 1. The summed E-state index contributed by atoms with van der Waals surface area (Å²) < 4.78 is 67.1. The molecule has 2 fully saturated rings. The molecule has 2 aliphatic rings. The summed E-state index contributed by atoms with van der Waals surface area (Å²) in [6.45, 7) is 13.7. The van der Waals surface area contributed by atoms with Gasteiger partial charge in [0.2, 0.25) is 6.10 Å². The zero-order valence-electron chi connectivity index (χ0n) is 41.1. The molecule has 0 spiro atoms. The van der Waals surface area contributed by atoms with Crippen molar-refractivity contribution in [2.75, 3.05) is 26.6 Å². The average Bonchev–Trinajstić information content (AvgIpc) is 3.97. The van der Waals surface area contributed by atoms with Crippen molar-refractivity contribution in [1.29, 1.82) is 5.26 Å². The maximum Gasteiger partial charge on any atom is 0.339 e. The van der Waals surface area contributed by atoms with Gasteiger partial charge in [-0.1, -0.05) is 99.6 Å². The molecule has 2 aliphatic heterocycles. The normalized spacial score (nSPS) is 21.1. The topological polar surface area (TPSA) is 230 Å².